The Hall–Kier alpha value is -1.79. The molecule has 150 valence electrons. The number of benzene rings is 1. The number of carbonyl (C=O) groups excluding carboxylic acids is 1. The van der Waals surface area contributed by atoms with Crippen molar-refractivity contribution in [3.8, 4) is 0 Å². The lowest BCUT2D eigenvalue weighted by Crippen LogP contribution is -2.33. The van der Waals surface area contributed by atoms with Crippen LogP contribution in [-0.4, -0.2) is 69.7 Å². The Bertz CT molecular complexity index is 697. The van der Waals surface area contributed by atoms with Gasteiger partial charge in [-0.15, -0.1) is 0 Å². The van der Waals surface area contributed by atoms with Gasteiger partial charge in [-0.3, -0.25) is 25.0 Å². The maximum atomic E-state index is 12.9. The molecule has 0 spiro atoms. The van der Waals surface area contributed by atoms with Crippen molar-refractivity contribution in [2.45, 2.75) is 6.42 Å². The standard InChI is InChI=1S/C15H20Br2N4O6/c1-18(5-2-8-22)15(23)12-9-11(20(24)25)10-13(21(26)27)14(12)19(6-3-16)7-4-17/h9-10,22H,2-8H2,1H3. The van der Waals surface area contributed by atoms with E-state index in [-0.39, 0.29) is 24.4 Å². The number of aliphatic hydroxyl groups excluding tert-OH is 1. The molecule has 1 aromatic carbocycles. The highest BCUT2D eigenvalue weighted by Crippen LogP contribution is 2.37. The van der Waals surface area contributed by atoms with Crippen LogP contribution in [0.25, 0.3) is 0 Å². The molecular formula is C15H20Br2N4O6. The first kappa shape index (κ1) is 23.2. The fourth-order valence-electron chi connectivity index (χ4n) is 2.50. The van der Waals surface area contributed by atoms with Gasteiger partial charge >= 0.3 is 0 Å². The van der Waals surface area contributed by atoms with Gasteiger partial charge in [0.2, 0.25) is 0 Å². The highest BCUT2D eigenvalue weighted by atomic mass is 79.9. The first-order valence-corrected chi connectivity index (χ1v) is 10.2. The predicted molar refractivity (Wildman–Crippen MR) is 108 cm³/mol. The Balaban J connectivity index is 3.65. The predicted octanol–water partition coefficient (Wildman–Crippen LogP) is 2.55. The van der Waals surface area contributed by atoms with Crippen molar-refractivity contribution in [2.24, 2.45) is 0 Å². The van der Waals surface area contributed by atoms with Crippen LogP contribution in [0.1, 0.15) is 16.8 Å². The third-order valence-corrected chi connectivity index (χ3v) is 4.45. The van der Waals surface area contributed by atoms with Gasteiger partial charge in [-0.25, -0.2) is 0 Å². The summed E-state index contributed by atoms with van der Waals surface area (Å²) in [6.45, 7) is 0.816. The molecule has 10 nitrogen and oxygen atoms in total. The molecule has 1 aromatic rings. The number of nitro groups is 2. The number of nitrogens with zero attached hydrogens (tertiary/aromatic N) is 4. The lowest BCUT2D eigenvalue weighted by molar-refractivity contribution is -0.393. The van der Waals surface area contributed by atoms with Crippen molar-refractivity contribution in [1.82, 2.24) is 4.90 Å². The smallest absolute Gasteiger partial charge is 0.300 e. The van der Waals surface area contributed by atoms with E-state index in [1.807, 2.05) is 0 Å². The molecule has 0 aliphatic heterocycles. The summed E-state index contributed by atoms with van der Waals surface area (Å²) in [6, 6.07) is 1.94. The molecule has 0 unspecified atom stereocenters. The van der Waals surface area contributed by atoms with Crippen LogP contribution < -0.4 is 4.90 Å². The highest BCUT2D eigenvalue weighted by Gasteiger charge is 2.31. The van der Waals surface area contributed by atoms with E-state index in [0.29, 0.717) is 30.2 Å². The van der Waals surface area contributed by atoms with Crippen LogP contribution in [0.15, 0.2) is 12.1 Å². The van der Waals surface area contributed by atoms with E-state index in [0.717, 1.165) is 12.1 Å². The first-order chi connectivity index (χ1) is 12.8. The van der Waals surface area contributed by atoms with Crippen LogP contribution in [0.3, 0.4) is 0 Å². The van der Waals surface area contributed by atoms with E-state index in [9.17, 15) is 25.0 Å². The summed E-state index contributed by atoms with van der Waals surface area (Å²) in [6.07, 6.45) is 0.321. The van der Waals surface area contributed by atoms with Gasteiger partial charge < -0.3 is 14.9 Å². The maximum absolute atomic E-state index is 12.9. The fraction of sp³-hybridized carbons (Fsp3) is 0.533. The number of aliphatic hydroxyl groups is 1. The molecule has 12 heteroatoms. The minimum atomic E-state index is -0.763. The van der Waals surface area contributed by atoms with Crippen molar-refractivity contribution < 1.29 is 19.7 Å². The topological polar surface area (TPSA) is 130 Å². The van der Waals surface area contributed by atoms with Gasteiger partial charge in [-0.05, 0) is 6.42 Å². The number of carbonyl (C=O) groups is 1. The van der Waals surface area contributed by atoms with E-state index in [1.165, 1.54) is 11.9 Å². The summed E-state index contributed by atoms with van der Waals surface area (Å²) >= 11 is 6.57. The van der Waals surface area contributed by atoms with Crippen LogP contribution in [0.2, 0.25) is 0 Å². The second-order valence-corrected chi connectivity index (χ2v) is 7.13. The lowest BCUT2D eigenvalue weighted by Gasteiger charge is -2.26. The molecule has 27 heavy (non-hydrogen) atoms. The van der Waals surface area contributed by atoms with Crippen molar-refractivity contribution in [2.75, 3.05) is 48.8 Å². The third-order valence-electron chi connectivity index (χ3n) is 3.74. The molecule has 0 radical (unpaired) electrons. The summed E-state index contributed by atoms with van der Waals surface area (Å²) < 4.78 is 0. The summed E-state index contributed by atoms with van der Waals surface area (Å²) in [5.74, 6) is -0.584. The van der Waals surface area contributed by atoms with E-state index in [1.54, 1.807) is 4.90 Å². The Labute approximate surface area is 172 Å². The average Bonchev–Trinajstić information content (AvgIpc) is 2.64. The van der Waals surface area contributed by atoms with Crippen LogP contribution in [0.4, 0.5) is 17.1 Å². The lowest BCUT2D eigenvalue weighted by atomic mass is 10.1. The SMILES string of the molecule is CN(CCCO)C(=O)c1cc([N+](=O)[O-])cc([N+](=O)[O-])c1N(CCBr)CCBr. The molecule has 0 aliphatic carbocycles. The number of alkyl halides is 2. The molecule has 1 amide bonds. The Kier molecular flexibility index (Phi) is 9.60. The van der Waals surface area contributed by atoms with Crippen molar-refractivity contribution in [3.63, 3.8) is 0 Å². The number of amides is 1. The molecule has 1 rings (SSSR count). The van der Waals surface area contributed by atoms with Crippen molar-refractivity contribution in [3.05, 3.63) is 37.9 Å². The van der Waals surface area contributed by atoms with Crippen LogP contribution >= 0.6 is 31.9 Å². The highest BCUT2D eigenvalue weighted by molar-refractivity contribution is 9.09. The van der Waals surface area contributed by atoms with Gasteiger partial charge in [-0.2, -0.15) is 0 Å². The van der Waals surface area contributed by atoms with Crippen LogP contribution in [0, 0.1) is 20.2 Å². The van der Waals surface area contributed by atoms with E-state index in [4.69, 9.17) is 5.11 Å². The monoisotopic (exact) mass is 510 g/mol. The number of hydrogen-bond donors (Lipinski definition) is 1. The van der Waals surface area contributed by atoms with E-state index >= 15 is 0 Å². The van der Waals surface area contributed by atoms with Gasteiger partial charge in [0.1, 0.15) is 5.69 Å². The molecule has 1 N–H and O–H groups in total. The number of anilines is 1. The van der Waals surface area contributed by atoms with Crippen LogP contribution in [-0.2, 0) is 0 Å². The molecule has 0 fully saturated rings. The van der Waals surface area contributed by atoms with Gasteiger partial charge in [0.25, 0.3) is 17.3 Å². The zero-order valence-corrected chi connectivity index (χ0v) is 17.8. The van der Waals surface area contributed by atoms with Crippen molar-refractivity contribution in [1.29, 1.82) is 0 Å². The second-order valence-electron chi connectivity index (χ2n) is 5.54. The number of halogens is 2. The summed E-state index contributed by atoms with van der Waals surface area (Å²) in [5, 5.41) is 32.7. The molecule has 0 aromatic heterocycles. The molecule has 0 bridgehead atoms. The Morgan fingerprint density at radius 1 is 1.11 bits per heavy atom. The van der Waals surface area contributed by atoms with Crippen LogP contribution in [0.5, 0.6) is 0 Å². The maximum Gasteiger partial charge on any atom is 0.300 e. The van der Waals surface area contributed by atoms with Gasteiger partial charge in [0, 0.05) is 50.0 Å². The minimum absolute atomic E-state index is 0.0466. The van der Waals surface area contributed by atoms with Gasteiger partial charge in [0.15, 0.2) is 0 Å². The minimum Gasteiger partial charge on any atom is -0.396 e. The van der Waals surface area contributed by atoms with Crippen molar-refractivity contribution >= 4 is 54.8 Å². The van der Waals surface area contributed by atoms with Gasteiger partial charge in [0.05, 0.1) is 21.5 Å². The second kappa shape index (κ2) is 11.1. The number of non-ortho nitro benzene ring substituents is 1. The fourth-order valence-corrected chi connectivity index (χ4v) is 3.35. The number of rotatable bonds is 11. The average molecular weight is 512 g/mol. The quantitative estimate of drug-likeness (QED) is 0.274. The zero-order valence-electron chi connectivity index (χ0n) is 14.6. The molecule has 0 saturated carbocycles. The normalized spacial score (nSPS) is 10.5. The molecule has 0 aliphatic rings. The van der Waals surface area contributed by atoms with E-state index in [2.05, 4.69) is 31.9 Å². The van der Waals surface area contributed by atoms with E-state index < -0.39 is 27.1 Å². The Morgan fingerprint density at radius 3 is 2.15 bits per heavy atom. The summed E-state index contributed by atoms with van der Waals surface area (Å²) in [5.41, 5.74) is -1.09. The molecule has 0 saturated heterocycles. The zero-order chi connectivity index (χ0) is 20.6. The summed E-state index contributed by atoms with van der Waals surface area (Å²) in [7, 11) is 1.48. The Morgan fingerprint density at radius 2 is 1.70 bits per heavy atom. The molecular weight excluding hydrogens is 492 g/mol. The summed E-state index contributed by atoms with van der Waals surface area (Å²) in [4.78, 5) is 37.1. The first-order valence-electron chi connectivity index (χ1n) is 7.98. The molecule has 0 heterocycles. The largest absolute Gasteiger partial charge is 0.396 e. The molecule has 0 atom stereocenters. The number of hydrogen-bond acceptors (Lipinski definition) is 7. The third kappa shape index (κ3) is 6.11. The van der Waals surface area contributed by atoms with Gasteiger partial charge in [-0.1, -0.05) is 31.9 Å². The number of nitro benzene ring substituents is 2.